The Kier molecular flexibility index (Phi) is 28.9. The minimum absolute atomic E-state index is 0.274. The van der Waals surface area contributed by atoms with E-state index >= 15 is 0 Å². The summed E-state index contributed by atoms with van der Waals surface area (Å²) in [5.41, 5.74) is 0.794. The molecule has 0 aromatic heterocycles. The molecule has 11 nitrogen and oxygen atoms in total. The minimum Gasteiger partial charge on any atom is -0.394 e. The molecule has 1 heterocycles. The fraction of sp³-hybridized carbons (Fsp3) is 0.878. The van der Waals surface area contributed by atoms with Gasteiger partial charge in [-0.15, -0.1) is 0 Å². The maximum atomic E-state index is 13.0. The van der Waals surface area contributed by atoms with Crippen molar-refractivity contribution in [2.24, 2.45) is 0 Å². The van der Waals surface area contributed by atoms with Crippen LogP contribution in [0.1, 0.15) is 162 Å². The fourth-order valence-corrected chi connectivity index (χ4v) is 6.52. The molecule has 0 aromatic carbocycles. The van der Waals surface area contributed by atoms with Gasteiger partial charge in [0.2, 0.25) is 5.91 Å². The number of hydrogen-bond donors (Lipinski definition) is 8. The van der Waals surface area contributed by atoms with Gasteiger partial charge in [-0.1, -0.05) is 148 Å². The summed E-state index contributed by atoms with van der Waals surface area (Å²) in [6.45, 7) is 7.48. The van der Waals surface area contributed by atoms with Gasteiger partial charge in [-0.05, 0) is 37.7 Å². The Morgan fingerprint density at radius 3 is 1.79 bits per heavy atom. The van der Waals surface area contributed by atoms with Gasteiger partial charge in [-0.3, -0.25) is 4.79 Å². The third-order valence-corrected chi connectivity index (χ3v) is 10.2. The lowest BCUT2D eigenvalue weighted by molar-refractivity contribution is -0.302. The molecule has 0 spiro atoms. The van der Waals surface area contributed by atoms with Crippen molar-refractivity contribution in [3.8, 4) is 0 Å². The zero-order valence-corrected chi connectivity index (χ0v) is 32.6. The average Bonchev–Trinajstić information content (AvgIpc) is 3.14. The first-order valence-electron chi connectivity index (χ1n) is 20.7. The summed E-state index contributed by atoms with van der Waals surface area (Å²) in [5, 5.41) is 75.0. The third kappa shape index (κ3) is 21.5. The smallest absolute Gasteiger partial charge is 0.249 e. The van der Waals surface area contributed by atoms with Crippen molar-refractivity contribution >= 4 is 5.91 Å². The highest BCUT2D eigenvalue weighted by Gasteiger charge is 2.44. The summed E-state index contributed by atoms with van der Waals surface area (Å²) in [5.74, 6) is -0.671. The number of ether oxygens (including phenoxy) is 2. The van der Waals surface area contributed by atoms with Crippen LogP contribution in [-0.2, 0) is 14.3 Å². The Morgan fingerprint density at radius 2 is 1.25 bits per heavy atom. The zero-order chi connectivity index (χ0) is 38.6. The molecule has 306 valence electrons. The van der Waals surface area contributed by atoms with E-state index in [1.54, 1.807) is 6.08 Å². The summed E-state index contributed by atoms with van der Waals surface area (Å²) in [6, 6.07) is -1.06. The molecule has 11 heteroatoms. The summed E-state index contributed by atoms with van der Waals surface area (Å²) in [4.78, 5) is 13.0. The molecule has 1 amide bonds. The first-order chi connectivity index (χ1) is 25.1. The highest BCUT2D eigenvalue weighted by atomic mass is 16.7. The molecule has 0 bridgehead atoms. The number of aliphatic hydroxyl groups is 7. The van der Waals surface area contributed by atoms with Crippen LogP contribution in [0.3, 0.4) is 0 Å². The van der Waals surface area contributed by atoms with Crippen LogP contribution >= 0.6 is 0 Å². The van der Waals surface area contributed by atoms with Crippen LogP contribution in [0, 0.1) is 0 Å². The van der Waals surface area contributed by atoms with Crippen LogP contribution in [0.2, 0.25) is 0 Å². The van der Waals surface area contributed by atoms with Crippen molar-refractivity contribution in [2.75, 3.05) is 13.2 Å². The number of carbonyl (C=O) groups excluding carboxylic acids is 1. The molecule has 8 N–H and O–H groups in total. The van der Waals surface area contributed by atoms with Gasteiger partial charge in [0.1, 0.15) is 30.5 Å². The largest absolute Gasteiger partial charge is 0.394 e. The van der Waals surface area contributed by atoms with E-state index in [2.05, 4.69) is 25.7 Å². The van der Waals surface area contributed by atoms with Crippen molar-refractivity contribution in [1.29, 1.82) is 0 Å². The normalized spacial score (nSPS) is 23.1. The second kappa shape index (κ2) is 30.9. The molecule has 0 saturated carbocycles. The van der Waals surface area contributed by atoms with E-state index in [9.17, 15) is 40.5 Å². The molecule has 1 aliphatic rings. The van der Waals surface area contributed by atoms with E-state index in [1.807, 2.05) is 0 Å². The monoisotopic (exact) mass is 744 g/mol. The number of nitrogens with one attached hydrogen (secondary N) is 1. The Hall–Kier alpha value is -1.41. The van der Waals surface area contributed by atoms with Crippen LogP contribution in [0.15, 0.2) is 24.3 Å². The number of rotatable bonds is 33. The van der Waals surface area contributed by atoms with Crippen LogP contribution < -0.4 is 5.32 Å². The number of carbonyl (C=O) groups is 1. The second-order valence-corrected chi connectivity index (χ2v) is 14.9. The van der Waals surface area contributed by atoms with E-state index in [-0.39, 0.29) is 13.0 Å². The van der Waals surface area contributed by atoms with Gasteiger partial charge in [0.05, 0.1) is 31.5 Å². The molecule has 1 rings (SSSR count). The van der Waals surface area contributed by atoms with E-state index < -0.39 is 67.6 Å². The third-order valence-electron chi connectivity index (χ3n) is 10.2. The number of hydrogen-bond acceptors (Lipinski definition) is 10. The Balaban J connectivity index is 2.61. The maximum absolute atomic E-state index is 13.0. The maximum Gasteiger partial charge on any atom is 0.249 e. The van der Waals surface area contributed by atoms with Crippen molar-refractivity contribution < 1.29 is 50.0 Å². The predicted molar refractivity (Wildman–Crippen MR) is 205 cm³/mol. The zero-order valence-electron chi connectivity index (χ0n) is 32.6. The van der Waals surface area contributed by atoms with Crippen molar-refractivity contribution in [1.82, 2.24) is 5.32 Å². The first-order valence-corrected chi connectivity index (χ1v) is 20.7. The van der Waals surface area contributed by atoms with E-state index in [4.69, 9.17) is 9.47 Å². The van der Waals surface area contributed by atoms with Gasteiger partial charge < -0.3 is 50.5 Å². The van der Waals surface area contributed by atoms with Crippen LogP contribution in [0.25, 0.3) is 0 Å². The lowest BCUT2D eigenvalue weighted by Gasteiger charge is -2.40. The van der Waals surface area contributed by atoms with Gasteiger partial charge in [0, 0.05) is 0 Å². The standard InChI is InChI=1S/C41H77NO10/c1-4-6-8-10-12-13-14-15-16-18-20-22-28-35(46)40(50)42-32(30-51-41-39(49)38(48)37(47)36(29-43)52-41)34(45)27-24-23-26-33(44)31(3)25-21-19-17-11-9-7-5-2/h24,27,32-39,41,43-49H,3-23,25-26,28-30H2,1-2H3,(H,42,50)/b27-24+/t32-,33?,34+,35+,36+,37+,38?,39?,41+/m0/s1. The van der Waals surface area contributed by atoms with Crippen molar-refractivity contribution in [3.63, 3.8) is 0 Å². The molecular formula is C41H77NO10. The lowest BCUT2D eigenvalue weighted by atomic mass is 9.99. The predicted octanol–water partition coefficient (Wildman–Crippen LogP) is 5.49. The Labute approximate surface area is 314 Å². The molecule has 0 radical (unpaired) electrons. The molecule has 0 aromatic rings. The van der Waals surface area contributed by atoms with Gasteiger partial charge in [-0.2, -0.15) is 0 Å². The summed E-state index contributed by atoms with van der Waals surface area (Å²) in [6.07, 6.45) is 16.8. The number of allylic oxidation sites excluding steroid dienone is 1. The van der Waals surface area contributed by atoms with Crippen LogP contribution in [0.4, 0.5) is 0 Å². The molecule has 0 aliphatic carbocycles. The van der Waals surface area contributed by atoms with E-state index in [1.165, 1.54) is 89.5 Å². The Morgan fingerprint density at radius 1 is 0.731 bits per heavy atom. The number of aliphatic hydroxyl groups excluding tert-OH is 7. The van der Waals surface area contributed by atoms with E-state index in [0.29, 0.717) is 19.3 Å². The average molecular weight is 744 g/mol. The highest BCUT2D eigenvalue weighted by Crippen LogP contribution is 2.23. The minimum atomic E-state index is -1.64. The Bertz CT molecular complexity index is 918. The second-order valence-electron chi connectivity index (χ2n) is 14.9. The molecule has 1 aliphatic heterocycles. The lowest BCUT2D eigenvalue weighted by Crippen LogP contribution is -2.60. The summed E-state index contributed by atoms with van der Waals surface area (Å²) >= 11 is 0. The van der Waals surface area contributed by atoms with Crippen molar-refractivity contribution in [2.45, 2.75) is 217 Å². The molecule has 3 unspecified atom stereocenters. The molecule has 52 heavy (non-hydrogen) atoms. The number of unbranched alkanes of at least 4 members (excludes halogenated alkanes) is 17. The van der Waals surface area contributed by atoms with Gasteiger partial charge in [-0.25, -0.2) is 0 Å². The van der Waals surface area contributed by atoms with Crippen LogP contribution in [-0.4, -0.2) is 110 Å². The van der Waals surface area contributed by atoms with Gasteiger partial charge >= 0.3 is 0 Å². The quantitative estimate of drug-likeness (QED) is 0.0315. The molecule has 9 atom stereocenters. The van der Waals surface area contributed by atoms with Crippen LogP contribution in [0.5, 0.6) is 0 Å². The summed E-state index contributed by atoms with van der Waals surface area (Å²) in [7, 11) is 0. The van der Waals surface area contributed by atoms with Gasteiger partial charge in [0.25, 0.3) is 0 Å². The van der Waals surface area contributed by atoms with E-state index in [0.717, 1.165) is 44.1 Å². The summed E-state index contributed by atoms with van der Waals surface area (Å²) < 4.78 is 11.1. The first kappa shape index (κ1) is 48.6. The van der Waals surface area contributed by atoms with Crippen molar-refractivity contribution in [3.05, 3.63) is 24.3 Å². The molecule has 1 fully saturated rings. The molecular weight excluding hydrogens is 666 g/mol. The fourth-order valence-electron chi connectivity index (χ4n) is 6.52. The highest BCUT2D eigenvalue weighted by molar-refractivity contribution is 5.80. The molecule has 1 saturated heterocycles. The van der Waals surface area contributed by atoms with Gasteiger partial charge in [0.15, 0.2) is 6.29 Å². The number of amides is 1. The topological polar surface area (TPSA) is 189 Å². The SMILES string of the molecule is C=C(CCCCCCCCC)C(O)CC/C=C/[C@@H](O)[C@H](CO[C@@H]1O[C@H](CO)[C@@H](O)C(O)C1O)NC(=O)[C@H](O)CCCCCCCCCCCCCC.